The number of benzene rings is 1. The fourth-order valence-corrected chi connectivity index (χ4v) is 2.00. The Hall–Kier alpha value is -1.35. The van der Waals surface area contributed by atoms with Gasteiger partial charge in [-0.2, -0.15) is 0 Å². The SMILES string of the molecule is CCCN(CCC)CC(=O)N(C)c1ccccc1. The molecular weight excluding hydrogens is 224 g/mol. The maximum absolute atomic E-state index is 12.2. The van der Waals surface area contributed by atoms with Crippen LogP contribution in [0.4, 0.5) is 5.69 Å². The van der Waals surface area contributed by atoms with E-state index in [1.54, 1.807) is 4.90 Å². The van der Waals surface area contributed by atoms with Crippen LogP contribution in [0, 0.1) is 0 Å². The zero-order valence-electron chi connectivity index (χ0n) is 11.7. The van der Waals surface area contributed by atoms with E-state index >= 15 is 0 Å². The van der Waals surface area contributed by atoms with Crippen LogP contribution in [0.3, 0.4) is 0 Å². The summed E-state index contributed by atoms with van der Waals surface area (Å²) in [5, 5.41) is 0. The van der Waals surface area contributed by atoms with E-state index in [1.165, 1.54) is 0 Å². The van der Waals surface area contributed by atoms with Crippen LogP contribution in [0.2, 0.25) is 0 Å². The lowest BCUT2D eigenvalue weighted by Gasteiger charge is -2.24. The number of likely N-dealkylation sites (N-methyl/N-ethyl adjacent to an activating group) is 1. The van der Waals surface area contributed by atoms with Gasteiger partial charge in [0, 0.05) is 12.7 Å². The van der Waals surface area contributed by atoms with Crippen molar-refractivity contribution in [2.75, 3.05) is 31.6 Å². The van der Waals surface area contributed by atoms with Gasteiger partial charge >= 0.3 is 0 Å². The van der Waals surface area contributed by atoms with Crippen molar-refractivity contribution < 1.29 is 4.79 Å². The molecule has 0 saturated carbocycles. The summed E-state index contributed by atoms with van der Waals surface area (Å²) < 4.78 is 0. The van der Waals surface area contributed by atoms with Gasteiger partial charge in [-0.05, 0) is 38.1 Å². The van der Waals surface area contributed by atoms with Crippen LogP contribution in [0.5, 0.6) is 0 Å². The summed E-state index contributed by atoms with van der Waals surface area (Å²) >= 11 is 0. The number of rotatable bonds is 7. The van der Waals surface area contributed by atoms with Crippen LogP contribution in [0.25, 0.3) is 0 Å². The third-order valence-corrected chi connectivity index (χ3v) is 2.96. The fourth-order valence-electron chi connectivity index (χ4n) is 2.00. The van der Waals surface area contributed by atoms with Gasteiger partial charge < -0.3 is 4.90 Å². The first-order valence-electron chi connectivity index (χ1n) is 6.73. The van der Waals surface area contributed by atoms with Gasteiger partial charge in [-0.3, -0.25) is 9.69 Å². The molecule has 0 atom stereocenters. The van der Waals surface area contributed by atoms with Gasteiger partial charge in [0.25, 0.3) is 0 Å². The van der Waals surface area contributed by atoms with E-state index in [-0.39, 0.29) is 5.91 Å². The van der Waals surface area contributed by atoms with Crippen LogP contribution in [0.1, 0.15) is 26.7 Å². The average Bonchev–Trinajstić information content (AvgIpc) is 2.39. The Morgan fingerprint density at radius 1 is 1.06 bits per heavy atom. The molecule has 0 aliphatic rings. The van der Waals surface area contributed by atoms with Crippen LogP contribution >= 0.6 is 0 Å². The van der Waals surface area contributed by atoms with Gasteiger partial charge in [0.15, 0.2) is 0 Å². The summed E-state index contributed by atoms with van der Waals surface area (Å²) in [6.45, 7) is 6.78. The van der Waals surface area contributed by atoms with Gasteiger partial charge in [0.1, 0.15) is 0 Å². The topological polar surface area (TPSA) is 23.6 Å². The van der Waals surface area contributed by atoms with E-state index in [4.69, 9.17) is 0 Å². The number of hydrogen-bond acceptors (Lipinski definition) is 2. The lowest BCUT2D eigenvalue weighted by Crippen LogP contribution is -2.39. The second-order valence-electron chi connectivity index (χ2n) is 4.56. The van der Waals surface area contributed by atoms with Crippen molar-refractivity contribution in [2.45, 2.75) is 26.7 Å². The molecule has 0 aromatic heterocycles. The van der Waals surface area contributed by atoms with Crippen LogP contribution < -0.4 is 4.90 Å². The van der Waals surface area contributed by atoms with Crippen molar-refractivity contribution in [3.05, 3.63) is 30.3 Å². The highest BCUT2D eigenvalue weighted by atomic mass is 16.2. The van der Waals surface area contributed by atoms with E-state index in [0.29, 0.717) is 6.54 Å². The Morgan fingerprint density at radius 2 is 1.61 bits per heavy atom. The van der Waals surface area contributed by atoms with Gasteiger partial charge in [-0.1, -0.05) is 32.0 Å². The van der Waals surface area contributed by atoms with Crippen LogP contribution in [-0.4, -0.2) is 37.5 Å². The zero-order valence-corrected chi connectivity index (χ0v) is 11.7. The number of para-hydroxylation sites is 1. The summed E-state index contributed by atoms with van der Waals surface area (Å²) in [5.41, 5.74) is 0.954. The molecule has 0 aliphatic heterocycles. The molecule has 3 heteroatoms. The predicted octanol–water partition coefficient (Wildman–Crippen LogP) is 2.77. The van der Waals surface area contributed by atoms with Crippen molar-refractivity contribution in [3.63, 3.8) is 0 Å². The first-order chi connectivity index (χ1) is 8.69. The number of anilines is 1. The van der Waals surface area contributed by atoms with E-state index in [2.05, 4.69) is 18.7 Å². The van der Waals surface area contributed by atoms with E-state index < -0.39 is 0 Å². The monoisotopic (exact) mass is 248 g/mol. The Balaban J connectivity index is 2.58. The highest BCUT2D eigenvalue weighted by Crippen LogP contribution is 2.11. The molecule has 0 bridgehead atoms. The Bertz CT molecular complexity index is 345. The molecule has 0 unspecified atom stereocenters. The summed E-state index contributed by atoms with van der Waals surface area (Å²) in [5.74, 6) is 0.156. The van der Waals surface area contributed by atoms with Crippen molar-refractivity contribution in [3.8, 4) is 0 Å². The lowest BCUT2D eigenvalue weighted by atomic mass is 10.3. The number of amides is 1. The van der Waals surface area contributed by atoms with Crippen molar-refractivity contribution in [1.82, 2.24) is 4.90 Å². The quantitative estimate of drug-likeness (QED) is 0.741. The van der Waals surface area contributed by atoms with Crippen molar-refractivity contribution in [1.29, 1.82) is 0 Å². The molecule has 1 amide bonds. The smallest absolute Gasteiger partial charge is 0.240 e. The van der Waals surface area contributed by atoms with Crippen molar-refractivity contribution >= 4 is 11.6 Å². The molecular formula is C15H24N2O. The lowest BCUT2D eigenvalue weighted by molar-refractivity contribution is -0.119. The average molecular weight is 248 g/mol. The van der Waals surface area contributed by atoms with Crippen LogP contribution in [-0.2, 0) is 4.79 Å². The van der Waals surface area contributed by atoms with E-state index in [9.17, 15) is 4.79 Å². The standard InChI is InChI=1S/C15H24N2O/c1-4-11-17(12-5-2)13-15(18)16(3)14-9-7-6-8-10-14/h6-10H,4-5,11-13H2,1-3H3. The summed E-state index contributed by atoms with van der Waals surface area (Å²) in [7, 11) is 1.84. The highest BCUT2D eigenvalue weighted by molar-refractivity contribution is 5.94. The molecule has 1 rings (SSSR count). The Kier molecular flexibility index (Phi) is 6.44. The minimum atomic E-state index is 0.156. The number of nitrogens with zero attached hydrogens (tertiary/aromatic N) is 2. The van der Waals surface area contributed by atoms with E-state index in [1.807, 2.05) is 37.4 Å². The van der Waals surface area contributed by atoms with Gasteiger partial charge in [0.05, 0.1) is 6.54 Å². The zero-order chi connectivity index (χ0) is 13.4. The minimum Gasteiger partial charge on any atom is -0.314 e. The predicted molar refractivity (Wildman–Crippen MR) is 76.9 cm³/mol. The molecule has 0 N–H and O–H groups in total. The number of carbonyl (C=O) groups is 1. The van der Waals surface area contributed by atoms with Crippen LogP contribution in [0.15, 0.2) is 30.3 Å². The number of carbonyl (C=O) groups excluding carboxylic acids is 1. The largest absolute Gasteiger partial charge is 0.314 e. The second kappa shape index (κ2) is 7.88. The second-order valence-corrected chi connectivity index (χ2v) is 4.56. The first kappa shape index (κ1) is 14.7. The molecule has 0 heterocycles. The molecule has 0 radical (unpaired) electrons. The molecule has 1 aromatic rings. The summed E-state index contributed by atoms with van der Waals surface area (Å²) in [6.07, 6.45) is 2.17. The Labute approximate surface area is 110 Å². The number of hydrogen-bond donors (Lipinski definition) is 0. The highest BCUT2D eigenvalue weighted by Gasteiger charge is 2.14. The van der Waals surface area contributed by atoms with E-state index in [0.717, 1.165) is 31.6 Å². The molecule has 3 nitrogen and oxygen atoms in total. The van der Waals surface area contributed by atoms with Gasteiger partial charge in [-0.25, -0.2) is 0 Å². The third kappa shape index (κ3) is 4.49. The maximum Gasteiger partial charge on any atom is 0.240 e. The molecule has 0 spiro atoms. The molecule has 100 valence electrons. The fraction of sp³-hybridized carbons (Fsp3) is 0.533. The molecule has 0 fully saturated rings. The van der Waals surface area contributed by atoms with Gasteiger partial charge in [-0.15, -0.1) is 0 Å². The van der Waals surface area contributed by atoms with Gasteiger partial charge in [0.2, 0.25) is 5.91 Å². The third-order valence-electron chi connectivity index (χ3n) is 2.96. The normalized spacial score (nSPS) is 10.7. The summed E-state index contributed by atoms with van der Waals surface area (Å²) in [6, 6.07) is 9.79. The molecule has 0 saturated heterocycles. The summed E-state index contributed by atoms with van der Waals surface area (Å²) in [4.78, 5) is 16.1. The molecule has 18 heavy (non-hydrogen) atoms. The minimum absolute atomic E-state index is 0.156. The van der Waals surface area contributed by atoms with Crippen molar-refractivity contribution in [2.24, 2.45) is 0 Å². The first-order valence-corrected chi connectivity index (χ1v) is 6.73. The Morgan fingerprint density at radius 3 is 2.11 bits per heavy atom. The maximum atomic E-state index is 12.2. The molecule has 0 aliphatic carbocycles. The molecule has 1 aromatic carbocycles.